The number of imide groups is 2. The van der Waals surface area contributed by atoms with Crippen molar-refractivity contribution in [1.29, 1.82) is 0 Å². The van der Waals surface area contributed by atoms with Crippen LogP contribution in [0.5, 0.6) is 0 Å². The van der Waals surface area contributed by atoms with Gasteiger partial charge in [0, 0.05) is 68.9 Å². The molecule has 0 bridgehead atoms. The lowest BCUT2D eigenvalue weighted by Crippen LogP contribution is -2.41. The Bertz CT molecular complexity index is 2070. The molecule has 8 rings (SSSR count). The number of carbonyl (C=O) groups is 4. The molecule has 0 atom stereocenters. The van der Waals surface area contributed by atoms with Crippen molar-refractivity contribution in [3.8, 4) is 0 Å². The van der Waals surface area contributed by atoms with Crippen molar-refractivity contribution in [3.63, 3.8) is 0 Å². The van der Waals surface area contributed by atoms with Gasteiger partial charge in [0.25, 0.3) is 23.6 Å². The first-order valence-corrected chi connectivity index (χ1v) is 14.7. The molecule has 0 saturated carbocycles. The van der Waals surface area contributed by atoms with Crippen LogP contribution in [-0.2, 0) is 6.42 Å². The Labute approximate surface area is 246 Å². The van der Waals surface area contributed by atoms with E-state index in [1.807, 2.05) is 42.5 Å². The van der Waals surface area contributed by atoms with Crippen LogP contribution in [0, 0.1) is 0 Å². The summed E-state index contributed by atoms with van der Waals surface area (Å²) >= 11 is 0. The second kappa shape index (κ2) is 9.39. The summed E-state index contributed by atoms with van der Waals surface area (Å²) in [5, 5.41) is 4.00. The molecular formula is C35H26N4O4. The number of fused-ring (bicyclic) bond motifs is 2. The molecule has 43 heavy (non-hydrogen) atoms. The summed E-state index contributed by atoms with van der Waals surface area (Å²) in [7, 11) is 0. The highest BCUT2D eigenvalue weighted by Gasteiger charge is 2.37. The Morgan fingerprint density at radius 1 is 0.558 bits per heavy atom. The van der Waals surface area contributed by atoms with Gasteiger partial charge in [-0.05, 0) is 30.5 Å². The van der Waals surface area contributed by atoms with Crippen molar-refractivity contribution >= 4 is 67.0 Å². The van der Waals surface area contributed by atoms with Gasteiger partial charge in [0.05, 0.1) is 22.2 Å². The Hall–Kier alpha value is -5.24. The topological polar surface area (TPSA) is 101 Å². The molecule has 2 aliphatic rings. The quantitative estimate of drug-likeness (QED) is 0.0994. The second-order valence-electron chi connectivity index (χ2n) is 11.3. The van der Waals surface area contributed by atoms with Gasteiger partial charge in [0.2, 0.25) is 0 Å². The van der Waals surface area contributed by atoms with Crippen LogP contribution in [-0.4, -0.2) is 56.5 Å². The predicted molar refractivity (Wildman–Crippen MR) is 164 cm³/mol. The van der Waals surface area contributed by atoms with Crippen LogP contribution in [0.2, 0.25) is 0 Å². The van der Waals surface area contributed by atoms with Gasteiger partial charge in [0.15, 0.2) is 0 Å². The van der Waals surface area contributed by atoms with Crippen molar-refractivity contribution in [3.05, 3.63) is 94.8 Å². The van der Waals surface area contributed by atoms with Gasteiger partial charge in [-0.3, -0.25) is 38.9 Å². The molecule has 0 saturated heterocycles. The fourth-order valence-corrected chi connectivity index (χ4v) is 6.83. The molecule has 0 aliphatic carbocycles. The van der Waals surface area contributed by atoms with Crippen LogP contribution in [0.3, 0.4) is 0 Å². The fraction of sp³-hybridized carbons (Fsp3) is 0.200. The first-order valence-electron chi connectivity index (χ1n) is 14.7. The number of hydrogen-bond acceptors (Lipinski definition) is 6. The van der Waals surface area contributed by atoms with Gasteiger partial charge < -0.3 is 0 Å². The normalized spacial score (nSPS) is 14.8. The van der Waals surface area contributed by atoms with Crippen LogP contribution in [0.4, 0.5) is 0 Å². The number of amides is 4. The lowest BCUT2D eigenvalue weighted by atomic mass is 9.86. The van der Waals surface area contributed by atoms with Crippen LogP contribution in [0.1, 0.15) is 73.2 Å². The number of nitrogens with zero attached hydrogens (tertiary/aromatic N) is 4. The molecule has 0 radical (unpaired) electrons. The summed E-state index contributed by atoms with van der Waals surface area (Å²) in [6.45, 7) is 2.71. The second-order valence-corrected chi connectivity index (χ2v) is 11.3. The smallest absolute Gasteiger partial charge is 0.262 e. The number of carbonyl (C=O) groups excluding carboxylic acids is 4. The molecule has 8 nitrogen and oxygen atoms in total. The highest BCUT2D eigenvalue weighted by Crippen LogP contribution is 2.44. The molecular weight excluding hydrogens is 540 g/mol. The van der Waals surface area contributed by atoms with Crippen molar-refractivity contribution in [2.24, 2.45) is 0 Å². The summed E-state index contributed by atoms with van der Waals surface area (Å²) in [5.74, 6) is -1.33. The standard InChI is InChI=1S/C35H26N4O4/c1-2-3-7-15-38-32(40)22-12-10-20-28-26(22)24(34(38)42)17-36-30(28)21-11-13-23-27-25(18-37-31(20)29(21)27)35(43)39(33(23)41)16-14-19-8-5-4-6-9-19/h4-6,8-13,17-18H,2-3,7,14-16H2,1H3. The number of benzene rings is 4. The van der Waals surface area contributed by atoms with E-state index in [4.69, 9.17) is 9.97 Å². The molecule has 0 unspecified atom stereocenters. The molecule has 8 heteroatoms. The predicted octanol–water partition coefficient (Wildman–Crippen LogP) is 6.15. The Kier molecular flexibility index (Phi) is 5.56. The van der Waals surface area contributed by atoms with Crippen LogP contribution in [0.25, 0.3) is 43.4 Å². The molecule has 6 aromatic rings. The van der Waals surface area contributed by atoms with Crippen molar-refractivity contribution in [1.82, 2.24) is 19.8 Å². The molecule has 4 amide bonds. The number of aromatic nitrogens is 2. The molecule has 0 spiro atoms. The van der Waals surface area contributed by atoms with Gasteiger partial charge in [-0.25, -0.2) is 0 Å². The van der Waals surface area contributed by atoms with E-state index < -0.39 is 0 Å². The average Bonchev–Trinajstić information content (AvgIpc) is 3.03. The van der Waals surface area contributed by atoms with E-state index in [2.05, 4.69) is 6.92 Å². The first kappa shape index (κ1) is 25.5. The zero-order valence-corrected chi connectivity index (χ0v) is 23.5. The molecule has 2 aliphatic heterocycles. The largest absolute Gasteiger partial charge is 0.274 e. The lowest BCUT2D eigenvalue weighted by molar-refractivity contribution is 0.0594. The van der Waals surface area contributed by atoms with Gasteiger partial charge in [-0.15, -0.1) is 0 Å². The van der Waals surface area contributed by atoms with E-state index in [0.717, 1.165) is 35.6 Å². The summed E-state index contributed by atoms with van der Waals surface area (Å²) in [6.07, 6.45) is 6.33. The van der Waals surface area contributed by atoms with Crippen molar-refractivity contribution in [2.45, 2.75) is 32.6 Å². The summed E-state index contributed by atoms with van der Waals surface area (Å²) in [4.78, 5) is 66.7. The van der Waals surface area contributed by atoms with Gasteiger partial charge in [0.1, 0.15) is 0 Å². The van der Waals surface area contributed by atoms with Crippen molar-refractivity contribution < 1.29 is 19.2 Å². The molecule has 0 fully saturated rings. The van der Waals surface area contributed by atoms with Crippen LogP contribution in [0.15, 0.2) is 67.0 Å². The molecule has 4 heterocycles. The molecule has 0 N–H and O–H groups in total. The summed E-state index contributed by atoms with van der Waals surface area (Å²) in [6, 6.07) is 17.0. The zero-order chi connectivity index (χ0) is 29.4. The van der Waals surface area contributed by atoms with Gasteiger partial charge in [-0.2, -0.15) is 0 Å². The Balaban J connectivity index is 1.31. The third-order valence-corrected chi connectivity index (χ3v) is 8.93. The van der Waals surface area contributed by atoms with Crippen LogP contribution >= 0.6 is 0 Å². The Morgan fingerprint density at radius 2 is 1.07 bits per heavy atom. The third-order valence-electron chi connectivity index (χ3n) is 8.93. The number of rotatable bonds is 7. The van der Waals surface area contributed by atoms with E-state index in [1.54, 1.807) is 24.5 Å². The van der Waals surface area contributed by atoms with E-state index in [1.165, 1.54) is 9.80 Å². The van der Waals surface area contributed by atoms with Crippen LogP contribution < -0.4 is 0 Å². The van der Waals surface area contributed by atoms with E-state index in [-0.39, 0.29) is 30.2 Å². The monoisotopic (exact) mass is 566 g/mol. The number of hydrogen-bond donors (Lipinski definition) is 0. The zero-order valence-electron chi connectivity index (χ0n) is 23.5. The highest BCUT2D eigenvalue weighted by atomic mass is 16.2. The molecule has 2 aromatic heterocycles. The van der Waals surface area contributed by atoms with E-state index in [0.29, 0.717) is 67.8 Å². The summed E-state index contributed by atoms with van der Waals surface area (Å²) < 4.78 is 0. The van der Waals surface area contributed by atoms with Gasteiger partial charge >= 0.3 is 0 Å². The molecule has 210 valence electrons. The number of unbranched alkanes of at least 4 members (excludes halogenated alkanes) is 2. The maximum absolute atomic E-state index is 13.7. The fourth-order valence-electron chi connectivity index (χ4n) is 6.83. The molecule has 4 aromatic carbocycles. The maximum atomic E-state index is 13.7. The first-order chi connectivity index (χ1) is 21.0. The highest BCUT2D eigenvalue weighted by molar-refractivity contribution is 6.39. The minimum absolute atomic E-state index is 0.263. The minimum atomic E-state index is -0.368. The average molecular weight is 567 g/mol. The van der Waals surface area contributed by atoms with E-state index in [9.17, 15) is 19.2 Å². The van der Waals surface area contributed by atoms with Gasteiger partial charge in [-0.1, -0.05) is 62.2 Å². The summed E-state index contributed by atoms with van der Waals surface area (Å²) in [5.41, 5.74) is 3.97. The Morgan fingerprint density at radius 3 is 1.60 bits per heavy atom. The minimum Gasteiger partial charge on any atom is -0.274 e. The van der Waals surface area contributed by atoms with E-state index >= 15 is 0 Å². The lowest BCUT2D eigenvalue weighted by Gasteiger charge is -2.29. The SMILES string of the molecule is CCCCCN1C(=O)c2ccc3c4ncc5c6c(ccc(c7ncc(c2c37)C1=O)c64)C(=O)N(CCc1ccccc1)C5=O. The maximum Gasteiger partial charge on any atom is 0.262 e. The van der Waals surface area contributed by atoms with Crippen molar-refractivity contribution in [2.75, 3.05) is 13.1 Å². The number of pyridine rings is 2. The third kappa shape index (κ3) is 3.49.